The van der Waals surface area contributed by atoms with E-state index in [1.165, 1.54) is 11.1 Å². The highest BCUT2D eigenvalue weighted by atomic mass is 16.5. The van der Waals surface area contributed by atoms with Crippen LogP contribution in [-0.2, 0) is 9.53 Å². The van der Waals surface area contributed by atoms with Crippen molar-refractivity contribution in [1.82, 2.24) is 5.32 Å². The Kier molecular flexibility index (Phi) is 6.02. The Labute approximate surface area is 165 Å². The molecular weight excluding hydrogens is 354 g/mol. The molecule has 2 N–H and O–H groups in total. The van der Waals surface area contributed by atoms with Gasteiger partial charge >= 0.3 is 12.1 Å². The highest BCUT2D eigenvalue weighted by Crippen LogP contribution is 2.44. The SMILES string of the molecule is CCCCC(C)(CC(=O)O)NC(=O)OCC1c2ccccc2-c2ccccc21. The van der Waals surface area contributed by atoms with Crippen molar-refractivity contribution < 1.29 is 19.4 Å². The fourth-order valence-corrected chi connectivity index (χ4v) is 3.98. The van der Waals surface area contributed by atoms with Crippen molar-refractivity contribution >= 4 is 12.1 Å². The molecule has 5 nitrogen and oxygen atoms in total. The molecule has 1 unspecified atom stereocenters. The fraction of sp³-hybridized carbons (Fsp3) is 0.391. The van der Waals surface area contributed by atoms with Crippen LogP contribution in [0.4, 0.5) is 4.79 Å². The molecule has 1 aliphatic carbocycles. The highest BCUT2D eigenvalue weighted by Gasteiger charge is 2.32. The van der Waals surface area contributed by atoms with Crippen LogP contribution in [0.1, 0.15) is 56.6 Å². The molecule has 0 radical (unpaired) electrons. The van der Waals surface area contributed by atoms with Crippen LogP contribution >= 0.6 is 0 Å². The van der Waals surface area contributed by atoms with Gasteiger partial charge in [-0.1, -0.05) is 68.3 Å². The van der Waals surface area contributed by atoms with Crippen molar-refractivity contribution in [2.75, 3.05) is 6.61 Å². The van der Waals surface area contributed by atoms with E-state index in [0.29, 0.717) is 6.42 Å². The summed E-state index contributed by atoms with van der Waals surface area (Å²) in [4.78, 5) is 23.7. The van der Waals surface area contributed by atoms with Crippen LogP contribution in [0.15, 0.2) is 48.5 Å². The fourth-order valence-electron chi connectivity index (χ4n) is 3.98. The molecule has 0 fully saturated rings. The molecule has 1 atom stereocenters. The number of hydrogen-bond acceptors (Lipinski definition) is 3. The number of ether oxygens (including phenoxy) is 1. The van der Waals surface area contributed by atoms with Crippen LogP contribution in [0.2, 0.25) is 0 Å². The average Bonchev–Trinajstić information content (AvgIpc) is 2.98. The standard InChI is InChI=1S/C23H27NO4/c1-3-4-13-23(2,14-21(25)26)24-22(27)28-15-20-18-11-7-5-9-16(18)17-10-6-8-12-19(17)20/h5-12,20H,3-4,13-15H2,1-2H3,(H,24,27)(H,25,26). The van der Waals surface area contributed by atoms with Gasteiger partial charge in [0.2, 0.25) is 0 Å². The number of aliphatic carboxylic acids is 1. The van der Waals surface area contributed by atoms with E-state index in [0.717, 1.165) is 24.0 Å². The summed E-state index contributed by atoms with van der Waals surface area (Å²) in [5.74, 6) is -0.947. The lowest BCUT2D eigenvalue weighted by Crippen LogP contribution is -2.47. The first kappa shape index (κ1) is 19.9. The third-order valence-electron chi connectivity index (χ3n) is 5.37. The Bertz CT molecular complexity index is 818. The summed E-state index contributed by atoms with van der Waals surface area (Å²) < 4.78 is 5.55. The average molecular weight is 381 g/mol. The van der Waals surface area contributed by atoms with Gasteiger partial charge in [-0.15, -0.1) is 0 Å². The predicted octanol–water partition coefficient (Wildman–Crippen LogP) is 4.95. The van der Waals surface area contributed by atoms with Gasteiger partial charge in [-0.2, -0.15) is 0 Å². The van der Waals surface area contributed by atoms with E-state index in [9.17, 15) is 14.7 Å². The lowest BCUT2D eigenvalue weighted by atomic mass is 9.91. The summed E-state index contributed by atoms with van der Waals surface area (Å²) in [6.45, 7) is 4.02. The maximum Gasteiger partial charge on any atom is 0.407 e. The predicted molar refractivity (Wildman–Crippen MR) is 108 cm³/mol. The number of carbonyl (C=O) groups is 2. The third-order valence-corrected chi connectivity index (χ3v) is 5.37. The molecule has 5 heteroatoms. The van der Waals surface area contributed by atoms with E-state index >= 15 is 0 Å². The molecule has 0 spiro atoms. The normalized spacial score (nSPS) is 14.6. The van der Waals surface area contributed by atoms with Crippen LogP contribution in [0.3, 0.4) is 0 Å². The first-order chi connectivity index (χ1) is 13.4. The number of alkyl carbamates (subject to hydrolysis) is 1. The quantitative estimate of drug-likeness (QED) is 0.678. The third kappa shape index (κ3) is 4.35. The van der Waals surface area contributed by atoms with Gasteiger partial charge in [0.05, 0.1) is 12.0 Å². The Morgan fingerprint density at radius 3 is 2.18 bits per heavy atom. The summed E-state index contributed by atoms with van der Waals surface area (Å²) >= 11 is 0. The van der Waals surface area contributed by atoms with Crippen molar-refractivity contribution in [3.05, 3.63) is 59.7 Å². The molecule has 2 aromatic carbocycles. The van der Waals surface area contributed by atoms with Crippen LogP contribution in [0.25, 0.3) is 11.1 Å². The van der Waals surface area contributed by atoms with Crippen molar-refractivity contribution in [3.8, 4) is 11.1 Å². The number of hydrogen-bond donors (Lipinski definition) is 2. The molecule has 1 aliphatic rings. The summed E-state index contributed by atoms with van der Waals surface area (Å²) in [5.41, 5.74) is 3.83. The maximum absolute atomic E-state index is 12.5. The van der Waals surface area contributed by atoms with Crippen molar-refractivity contribution in [1.29, 1.82) is 0 Å². The molecule has 1 amide bonds. The summed E-state index contributed by atoms with van der Waals surface area (Å²) in [6.07, 6.45) is 1.67. The van der Waals surface area contributed by atoms with Gasteiger partial charge < -0.3 is 15.2 Å². The van der Waals surface area contributed by atoms with Crippen LogP contribution in [0, 0.1) is 0 Å². The van der Waals surface area contributed by atoms with E-state index in [1.54, 1.807) is 6.92 Å². The number of benzene rings is 2. The van der Waals surface area contributed by atoms with Crippen LogP contribution in [0.5, 0.6) is 0 Å². The number of carboxylic acids is 1. The molecule has 148 valence electrons. The van der Waals surface area contributed by atoms with Crippen LogP contribution < -0.4 is 5.32 Å². The second kappa shape index (κ2) is 8.46. The van der Waals surface area contributed by atoms with Gasteiger partial charge in [0.1, 0.15) is 6.61 Å². The molecule has 28 heavy (non-hydrogen) atoms. The summed E-state index contributed by atoms with van der Waals surface area (Å²) in [7, 11) is 0. The van der Waals surface area contributed by atoms with Crippen molar-refractivity contribution in [3.63, 3.8) is 0 Å². The first-order valence-corrected chi connectivity index (χ1v) is 9.78. The first-order valence-electron chi connectivity index (χ1n) is 9.78. The molecule has 0 saturated heterocycles. The zero-order chi connectivity index (χ0) is 20.1. The Balaban J connectivity index is 1.69. The monoisotopic (exact) mass is 381 g/mol. The lowest BCUT2D eigenvalue weighted by molar-refractivity contribution is -0.138. The Morgan fingerprint density at radius 2 is 1.64 bits per heavy atom. The number of amides is 1. The summed E-state index contributed by atoms with van der Waals surface area (Å²) in [5, 5.41) is 12.0. The van der Waals surface area contributed by atoms with E-state index in [2.05, 4.69) is 29.6 Å². The highest BCUT2D eigenvalue weighted by molar-refractivity contribution is 5.79. The second-order valence-corrected chi connectivity index (χ2v) is 7.69. The van der Waals surface area contributed by atoms with E-state index in [-0.39, 0.29) is 18.9 Å². The van der Waals surface area contributed by atoms with Gasteiger partial charge in [0, 0.05) is 5.92 Å². The molecule has 3 rings (SSSR count). The van der Waals surface area contributed by atoms with Gasteiger partial charge in [-0.3, -0.25) is 4.79 Å². The smallest absolute Gasteiger partial charge is 0.407 e. The lowest BCUT2D eigenvalue weighted by Gasteiger charge is -2.29. The molecule has 0 bridgehead atoms. The topological polar surface area (TPSA) is 75.6 Å². The van der Waals surface area contributed by atoms with Gasteiger partial charge in [0.15, 0.2) is 0 Å². The minimum absolute atomic E-state index is 0.0143. The number of carboxylic acid groups (broad SMARTS) is 1. The number of carbonyl (C=O) groups excluding carboxylic acids is 1. The minimum Gasteiger partial charge on any atom is -0.481 e. The molecule has 0 heterocycles. The number of rotatable bonds is 8. The number of nitrogens with one attached hydrogen (secondary N) is 1. The largest absolute Gasteiger partial charge is 0.481 e. The molecular formula is C23H27NO4. The molecule has 0 saturated carbocycles. The zero-order valence-electron chi connectivity index (χ0n) is 16.4. The van der Waals surface area contributed by atoms with Crippen molar-refractivity contribution in [2.24, 2.45) is 0 Å². The maximum atomic E-state index is 12.5. The Morgan fingerprint density at radius 1 is 1.07 bits per heavy atom. The van der Waals surface area contributed by atoms with E-state index in [1.807, 2.05) is 31.2 Å². The molecule has 2 aromatic rings. The summed E-state index contributed by atoms with van der Waals surface area (Å²) in [6, 6.07) is 16.3. The minimum atomic E-state index is -0.933. The molecule has 0 aromatic heterocycles. The van der Waals surface area contributed by atoms with Gasteiger partial charge in [0.25, 0.3) is 0 Å². The van der Waals surface area contributed by atoms with E-state index in [4.69, 9.17) is 4.74 Å². The number of fused-ring (bicyclic) bond motifs is 3. The van der Waals surface area contributed by atoms with E-state index < -0.39 is 17.6 Å². The Hall–Kier alpha value is -2.82. The second-order valence-electron chi connectivity index (χ2n) is 7.69. The number of unbranched alkanes of at least 4 members (excludes halogenated alkanes) is 1. The zero-order valence-corrected chi connectivity index (χ0v) is 16.4. The van der Waals surface area contributed by atoms with Gasteiger partial charge in [-0.05, 0) is 35.6 Å². The van der Waals surface area contributed by atoms with Gasteiger partial charge in [-0.25, -0.2) is 4.79 Å². The van der Waals surface area contributed by atoms with Crippen molar-refractivity contribution in [2.45, 2.75) is 51.0 Å². The van der Waals surface area contributed by atoms with Crippen LogP contribution in [-0.4, -0.2) is 29.3 Å². The molecule has 0 aliphatic heterocycles.